The Morgan fingerprint density at radius 1 is 1.31 bits per heavy atom. The number of aromatic hydroxyl groups is 1. The predicted octanol–water partition coefficient (Wildman–Crippen LogP) is 3.50. The number of hydrogen-bond acceptors (Lipinski definition) is 3. The van der Waals surface area contributed by atoms with Crippen molar-refractivity contribution in [2.75, 3.05) is 0 Å². The van der Waals surface area contributed by atoms with Gasteiger partial charge in [0, 0.05) is 5.39 Å². The normalized spacial score (nSPS) is 11.6. The van der Waals surface area contributed by atoms with Gasteiger partial charge in [-0.05, 0) is 6.07 Å². The van der Waals surface area contributed by atoms with Crippen molar-refractivity contribution in [1.29, 1.82) is 5.26 Å². The molecule has 0 saturated heterocycles. The predicted molar refractivity (Wildman–Crippen MR) is 53.2 cm³/mol. The van der Waals surface area contributed by atoms with E-state index in [-0.39, 0.29) is 15.8 Å². The molecule has 82 valence electrons. The van der Waals surface area contributed by atoms with E-state index in [0.717, 1.165) is 0 Å². The zero-order valence-corrected chi connectivity index (χ0v) is 8.49. The minimum atomic E-state index is -4.57. The van der Waals surface area contributed by atoms with Crippen molar-refractivity contribution in [2.45, 2.75) is 6.18 Å². The van der Waals surface area contributed by atoms with Gasteiger partial charge in [-0.1, -0.05) is 12.1 Å². The summed E-state index contributed by atoms with van der Waals surface area (Å²) in [5.74, 6) is -0.241. The van der Waals surface area contributed by atoms with Crippen molar-refractivity contribution in [1.82, 2.24) is 0 Å². The molecule has 0 bridgehead atoms. The summed E-state index contributed by atoms with van der Waals surface area (Å²) in [5.41, 5.74) is -0.427. The van der Waals surface area contributed by atoms with Crippen LogP contribution in [0.2, 0.25) is 0 Å². The van der Waals surface area contributed by atoms with Gasteiger partial charge >= 0.3 is 6.18 Å². The number of nitrogens with zero attached hydrogens (tertiary/aromatic N) is 1. The lowest BCUT2D eigenvalue weighted by Gasteiger charge is -2.01. The maximum atomic E-state index is 12.6. The SMILES string of the molecule is N#Cc1c(C(F)(F)F)sc2c(O)cccc12. The van der Waals surface area contributed by atoms with Gasteiger partial charge in [0.25, 0.3) is 0 Å². The number of benzene rings is 1. The van der Waals surface area contributed by atoms with Crippen LogP contribution in [0, 0.1) is 11.3 Å². The van der Waals surface area contributed by atoms with Gasteiger partial charge in [0.1, 0.15) is 16.7 Å². The molecule has 1 heterocycles. The van der Waals surface area contributed by atoms with Crippen molar-refractivity contribution in [3.63, 3.8) is 0 Å². The summed E-state index contributed by atoms with van der Waals surface area (Å²) in [6.07, 6.45) is -4.57. The zero-order chi connectivity index (χ0) is 11.9. The standard InChI is InChI=1S/C10H4F3NOS/c11-10(12,13)9-6(4-14)5-2-1-3-7(15)8(5)16-9/h1-3,15H. The second kappa shape index (κ2) is 3.39. The third-order valence-corrected chi connectivity index (χ3v) is 3.34. The van der Waals surface area contributed by atoms with Crippen molar-refractivity contribution >= 4 is 21.4 Å². The second-order valence-electron chi connectivity index (χ2n) is 3.07. The molecule has 0 spiro atoms. The molecule has 16 heavy (non-hydrogen) atoms. The van der Waals surface area contributed by atoms with Crippen LogP contribution in [0.5, 0.6) is 5.75 Å². The second-order valence-corrected chi connectivity index (χ2v) is 4.09. The van der Waals surface area contributed by atoms with Gasteiger partial charge in [-0.3, -0.25) is 0 Å². The first-order valence-corrected chi connectivity index (χ1v) is 4.98. The van der Waals surface area contributed by atoms with Crippen molar-refractivity contribution in [3.8, 4) is 11.8 Å². The lowest BCUT2D eigenvalue weighted by atomic mass is 10.1. The van der Waals surface area contributed by atoms with E-state index in [1.54, 1.807) is 0 Å². The quantitative estimate of drug-likeness (QED) is 0.769. The molecule has 0 amide bonds. The van der Waals surface area contributed by atoms with Crippen molar-refractivity contribution < 1.29 is 18.3 Å². The summed E-state index contributed by atoms with van der Waals surface area (Å²) in [5, 5.41) is 18.3. The molecule has 2 nitrogen and oxygen atoms in total. The summed E-state index contributed by atoms with van der Waals surface area (Å²) < 4.78 is 37.8. The van der Waals surface area contributed by atoms with E-state index in [0.29, 0.717) is 11.3 Å². The average Bonchev–Trinajstić information content (AvgIpc) is 2.57. The number of nitriles is 1. The van der Waals surface area contributed by atoms with Crippen LogP contribution in [-0.4, -0.2) is 5.11 Å². The molecule has 0 saturated carbocycles. The first-order valence-electron chi connectivity index (χ1n) is 4.17. The Hall–Kier alpha value is -1.74. The highest BCUT2D eigenvalue weighted by atomic mass is 32.1. The first-order chi connectivity index (χ1) is 7.45. The maximum Gasteiger partial charge on any atom is 0.426 e. The molecule has 1 aromatic carbocycles. The van der Waals surface area contributed by atoms with Crippen LogP contribution in [-0.2, 0) is 6.18 Å². The van der Waals surface area contributed by atoms with Crippen molar-refractivity contribution in [3.05, 3.63) is 28.6 Å². The van der Waals surface area contributed by atoms with Crippen LogP contribution in [0.1, 0.15) is 10.4 Å². The van der Waals surface area contributed by atoms with E-state index in [1.807, 2.05) is 0 Å². The molecule has 0 unspecified atom stereocenters. The van der Waals surface area contributed by atoms with E-state index in [9.17, 15) is 18.3 Å². The average molecular weight is 243 g/mol. The Labute approximate surface area is 92.2 Å². The summed E-state index contributed by atoms with van der Waals surface area (Å²) in [4.78, 5) is -0.966. The molecular weight excluding hydrogens is 239 g/mol. The van der Waals surface area contributed by atoms with Gasteiger partial charge in [-0.25, -0.2) is 0 Å². The molecule has 0 atom stereocenters. The van der Waals surface area contributed by atoms with E-state index in [1.165, 1.54) is 24.3 Å². The highest BCUT2D eigenvalue weighted by Gasteiger charge is 2.37. The zero-order valence-electron chi connectivity index (χ0n) is 7.67. The third kappa shape index (κ3) is 1.49. The number of fused-ring (bicyclic) bond motifs is 1. The van der Waals surface area contributed by atoms with E-state index < -0.39 is 16.6 Å². The number of thiophene rings is 1. The summed E-state index contributed by atoms with van der Waals surface area (Å²) in [7, 11) is 0. The molecule has 0 aliphatic rings. The van der Waals surface area contributed by atoms with Crippen LogP contribution in [0.25, 0.3) is 10.1 Å². The topological polar surface area (TPSA) is 44.0 Å². The fourth-order valence-electron chi connectivity index (χ4n) is 1.41. The maximum absolute atomic E-state index is 12.6. The number of halogens is 3. The smallest absolute Gasteiger partial charge is 0.426 e. The lowest BCUT2D eigenvalue weighted by molar-refractivity contribution is -0.134. The van der Waals surface area contributed by atoms with E-state index in [2.05, 4.69) is 0 Å². The molecule has 0 aliphatic carbocycles. The molecule has 1 N–H and O–H groups in total. The highest BCUT2D eigenvalue weighted by Crippen LogP contribution is 2.44. The molecule has 1 aromatic heterocycles. The first kappa shape index (κ1) is 10.8. The number of hydrogen-bond donors (Lipinski definition) is 1. The van der Waals surface area contributed by atoms with E-state index >= 15 is 0 Å². The summed E-state index contributed by atoms with van der Waals surface area (Å²) in [6, 6.07) is 5.62. The number of phenols is 1. The summed E-state index contributed by atoms with van der Waals surface area (Å²) >= 11 is 0.385. The van der Waals surface area contributed by atoms with Crippen LogP contribution in [0.15, 0.2) is 18.2 Å². The molecule has 2 aromatic rings. The number of rotatable bonds is 0. The number of phenolic OH excluding ortho intramolecular Hbond substituents is 1. The van der Waals surface area contributed by atoms with Crippen molar-refractivity contribution in [2.24, 2.45) is 0 Å². The van der Waals surface area contributed by atoms with Gasteiger partial charge in [0.2, 0.25) is 0 Å². The van der Waals surface area contributed by atoms with Crippen LogP contribution >= 0.6 is 11.3 Å². The molecule has 6 heteroatoms. The van der Waals surface area contributed by atoms with Gasteiger partial charge in [-0.15, -0.1) is 11.3 Å². The Morgan fingerprint density at radius 3 is 2.56 bits per heavy atom. The van der Waals surface area contributed by atoms with Gasteiger partial charge < -0.3 is 5.11 Å². The Balaban J connectivity index is 2.88. The highest BCUT2D eigenvalue weighted by molar-refractivity contribution is 7.19. The number of alkyl halides is 3. The summed E-state index contributed by atoms with van der Waals surface area (Å²) in [6.45, 7) is 0. The van der Waals surface area contributed by atoms with E-state index in [4.69, 9.17) is 5.26 Å². The van der Waals surface area contributed by atoms with Crippen LogP contribution in [0.3, 0.4) is 0 Å². The minimum absolute atomic E-state index is 0.0892. The molecule has 0 radical (unpaired) electrons. The molecule has 0 fully saturated rings. The molecule has 0 aliphatic heterocycles. The lowest BCUT2D eigenvalue weighted by Crippen LogP contribution is -2.03. The monoisotopic (exact) mass is 243 g/mol. The Bertz CT molecular complexity index is 594. The largest absolute Gasteiger partial charge is 0.506 e. The van der Waals surface area contributed by atoms with Gasteiger partial charge in [0.15, 0.2) is 0 Å². The molecule has 2 rings (SSSR count). The Morgan fingerprint density at radius 2 is 2.00 bits per heavy atom. The third-order valence-electron chi connectivity index (χ3n) is 2.06. The Kier molecular flexibility index (Phi) is 2.28. The fraction of sp³-hybridized carbons (Fsp3) is 0.100. The van der Waals surface area contributed by atoms with Gasteiger partial charge in [-0.2, -0.15) is 18.4 Å². The minimum Gasteiger partial charge on any atom is -0.506 e. The fourth-order valence-corrected chi connectivity index (χ4v) is 2.45. The van der Waals surface area contributed by atoms with Crippen LogP contribution < -0.4 is 0 Å². The van der Waals surface area contributed by atoms with Gasteiger partial charge in [0.05, 0.1) is 10.3 Å². The molecular formula is C10H4F3NOS. The van der Waals surface area contributed by atoms with Crippen LogP contribution in [0.4, 0.5) is 13.2 Å².